The third kappa shape index (κ3) is 1.83. The van der Waals surface area contributed by atoms with Gasteiger partial charge in [-0.2, -0.15) is 0 Å². The number of ether oxygens (including phenoxy) is 1. The Hall–Kier alpha value is -0.0800. The van der Waals surface area contributed by atoms with E-state index in [4.69, 9.17) is 10.5 Å². The molecule has 2 heteroatoms. The molecule has 2 nitrogen and oxygen atoms in total. The lowest BCUT2D eigenvalue weighted by molar-refractivity contribution is -0.207. The standard InChI is InChI=1S/C13H25NO/c1-12(2,3)13(8-15-9-13)10-4-6-11(14)7-5-10/h10-11H,4-9,14H2,1-3H3. The van der Waals surface area contributed by atoms with E-state index in [1.165, 1.54) is 25.7 Å². The first kappa shape index (κ1) is 11.4. The lowest BCUT2D eigenvalue weighted by Gasteiger charge is -2.57. The number of rotatable bonds is 1. The fourth-order valence-corrected chi connectivity index (χ4v) is 3.27. The second-order valence-corrected chi connectivity index (χ2v) is 6.51. The highest BCUT2D eigenvalue weighted by Crippen LogP contribution is 2.54. The number of nitrogens with two attached hydrogens (primary N) is 1. The average molecular weight is 211 g/mol. The molecule has 0 aromatic heterocycles. The molecule has 1 saturated carbocycles. The summed E-state index contributed by atoms with van der Waals surface area (Å²) in [4.78, 5) is 0. The summed E-state index contributed by atoms with van der Waals surface area (Å²) >= 11 is 0. The topological polar surface area (TPSA) is 35.2 Å². The van der Waals surface area contributed by atoms with Gasteiger partial charge in [0.25, 0.3) is 0 Å². The molecule has 2 rings (SSSR count). The molecule has 1 heterocycles. The molecule has 1 aliphatic carbocycles. The van der Waals surface area contributed by atoms with Gasteiger partial charge in [-0.3, -0.25) is 0 Å². The van der Waals surface area contributed by atoms with E-state index in [2.05, 4.69) is 20.8 Å². The first-order chi connectivity index (χ1) is 6.96. The third-order valence-corrected chi connectivity index (χ3v) is 4.77. The zero-order valence-electron chi connectivity index (χ0n) is 10.4. The zero-order chi connectivity index (χ0) is 11.1. The van der Waals surface area contributed by atoms with Gasteiger partial charge >= 0.3 is 0 Å². The van der Waals surface area contributed by atoms with Crippen molar-refractivity contribution in [1.29, 1.82) is 0 Å². The second-order valence-electron chi connectivity index (χ2n) is 6.51. The van der Waals surface area contributed by atoms with Crippen molar-refractivity contribution in [3.63, 3.8) is 0 Å². The van der Waals surface area contributed by atoms with Crippen molar-refractivity contribution in [3.05, 3.63) is 0 Å². The number of hydrogen-bond acceptors (Lipinski definition) is 2. The molecule has 15 heavy (non-hydrogen) atoms. The predicted molar refractivity (Wildman–Crippen MR) is 62.6 cm³/mol. The van der Waals surface area contributed by atoms with Crippen LogP contribution in [0.2, 0.25) is 0 Å². The van der Waals surface area contributed by atoms with Crippen LogP contribution in [-0.4, -0.2) is 19.3 Å². The van der Waals surface area contributed by atoms with Crippen molar-refractivity contribution < 1.29 is 4.74 Å². The Kier molecular flexibility index (Phi) is 2.85. The van der Waals surface area contributed by atoms with Crippen molar-refractivity contribution in [2.24, 2.45) is 22.5 Å². The summed E-state index contributed by atoms with van der Waals surface area (Å²) in [6.45, 7) is 9.03. The minimum absolute atomic E-state index is 0.372. The summed E-state index contributed by atoms with van der Waals surface area (Å²) in [5.41, 5.74) is 6.79. The molecule has 0 unspecified atom stereocenters. The molecule has 1 aliphatic heterocycles. The normalized spacial score (nSPS) is 36.0. The minimum Gasteiger partial charge on any atom is -0.380 e. The van der Waals surface area contributed by atoms with Gasteiger partial charge in [0.15, 0.2) is 0 Å². The highest BCUT2D eigenvalue weighted by atomic mass is 16.5. The summed E-state index contributed by atoms with van der Waals surface area (Å²) in [5.74, 6) is 0.839. The van der Waals surface area contributed by atoms with Crippen molar-refractivity contribution >= 4 is 0 Å². The monoisotopic (exact) mass is 211 g/mol. The van der Waals surface area contributed by atoms with Crippen LogP contribution in [0.25, 0.3) is 0 Å². The first-order valence-corrected chi connectivity index (χ1v) is 6.29. The van der Waals surface area contributed by atoms with Gasteiger partial charge in [0.2, 0.25) is 0 Å². The quantitative estimate of drug-likeness (QED) is 0.723. The van der Waals surface area contributed by atoms with Crippen molar-refractivity contribution in [2.45, 2.75) is 52.5 Å². The summed E-state index contributed by atoms with van der Waals surface area (Å²) in [5, 5.41) is 0. The maximum atomic E-state index is 5.98. The van der Waals surface area contributed by atoms with Gasteiger partial charge in [-0.1, -0.05) is 20.8 Å². The Bertz CT molecular complexity index is 219. The van der Waals surface area contributed by atoms with Gasteiger partial charge in [-0.25, -0.2) is 0 Å². The second kappa shape index (κ2) is 3.74. The zero-order valence-corrected chi connectivity index (χ0v) is 10.4. The summed E-state index contributed by atoms with van der Waals surface area (Å²) in [6.07, 6.45) is 5.04. The molecule has 2 fully saturated rings. The summed E-state index contributed by atoms with van der Waals surface area (Å²) < 4.78 is 5.51. The first-order valence-electron chi connectivity index (χ1n) is 6.29. The van der Waals surface area contributed by atoms with Crippen LogP contribution in [0.4, 0.5) is 0 Å². The van der Waals surface area contributed by atoms with E-state index < -0.39 is 0 Å². The maximum Gasteiger partial charge on any atom is 0.0552 e. The fourth-order valence-electron chi connectivity index (χ4n) is 3.27. The van der Waals surface area contributed by atoms with Crippen LogP contribution in [-0.2, 0) is 4.74 Å². The fraction of sp³-hybridized carbons (Fsp3) is 1.00. The molecule has 0 bridgehead atoms. The Labute approximate surface area is 93.6 Å². The molecule has 0 radical (unpaired) electrons. The van der Waals surface area contributed by atoms with Crippen LogP contribution in [0.3, 0.4) is 0 Å². The van der Waals surface area contributed by atoms with Crippen molar-refractivity contribution in [3.8, 4) is 0 Å². The Morgan fingerprint density at radius 3 is 1.93 bits per heavy atom. The van der Waals surface area contributed by atoms with E-state index in [0.717, 1.165) is 19.1 Å². The Balaban J connectivity index is 2.07. The predicted octanol–water partition coefficient (Wildman–Crippen LogP) is 2.57. The van der Waals surface area contributed by atoms with Gasteiger partial charge in [-0.15, -0.1) is 0 Å². The van der Waals surface area contributed by atoms with Gasteiger partial charge < -0.3 is 10.5 Å². The van der Waals surface area contributed by atoms with E-state index in [9.17, 15) is 0 Å². The van der Waals surface area contributed by atoms with Crippen molar-refractivity contribution in [1.82, 2.24) is 0 Å². The van der Waals surface area contributed by atoms with Crippen LogP contribution in [0.1, 0.15) is 46.5 Å². The van der Waals surface area contributed by atoms with Crippen LogP contribution in [0, 0.1) is 16.7 Å². The van der Waals surface area contributed by atoms with E-state index in [1.807, 2.05) is 0 Å². The Morgan fingerprint density at radius 1 is 1.07 bits per heavy atom. The molecule has 0 amide bonds. The van der Waals surface area contributed by atoms with Gasteiger partial charge in [-0.05, 0) is 37.0 Å². The molecule has 0 atom stereocenters. The van der Waals surface area contributed by atoms with E-state index >= 15 is 0 Å². The van der Waals surface area contributed by atoms with Gasteiger partial charge in [0.05, 0.1) is 13.2 Å². The summed E-state index contributed by atoms with van der Waals surface area (Å²) in [6, 6.07) is 0.458. The molecular weight excluding hydrogens is 186 g/mol. The largest absolute Gasteiger partial charge is 0.380 e. The minimum atomic E-state index is 0.372. The molecule has 0 aromatic rings. The molecule has 1 saturated heterocycles. The average Bonchev–Trinajstić information content (AvgIpc) is 2.03. The molecule has 0 aromatic carbocycles. The third-order valence-electron chi connectivity index (χ3n) is 4.77. The van der Waals surface area contributed by atoms with E-state index in [1.54, 1.807) is 0 Å². The van der Waals surface area contributed by atoms with E-state index in [-0.39, 0.29) is 0 Å². The highest BCUT2D eigenvalue weighted by molar-refractivity contribution is 5.01. The SMILES string of the molecule is CC(C)(C)C1(C2CCC(N)CC2)COC1. The van der Waals surface area contributed by atoms with Crippen LogP contribution >= 0.6 is 0 Å². The van der Waals surface area contributed by atoms with Crippen LogP contribution in [0.5, 0.6) is 0 Å². The lowest BCUT2D eigenvalue weighted by atomic mass is 9.55. The van der Waals surface area contributed by atoms with Crippen molar-refractivity contribution in [2.75, 3.05) is 13.2 Å². The van der Waals surface area contributed by atoms with Crippen LogP contribution in [0.15, 0.2) is 0 Å². The Morgan fingerprint density at radius 2 is 1.60 bits per heavy atom. The highest BCUT2D eigenvalue weighted by Gasteiger charge is 2.53. The van der Waals surface area contributed by atoms with Gasteiger partial charge in [0, 0.05) is 11.5 Å². The molecular formula is C13H25NO. The molecule has 2 N–H and O–H groups in total. The summed E-state index contributed by atoms with van der Waals surface area (Å²) in [7, 11) is 0. The van der Waals surface area contributed by atoms with Crippen LogP contribution < -0.4 is 5.73 Å². The molecule has 2 aliphatic rings. The lowest BCUT2D eigenvalue weighted by Crippen LogP contribution is -2.57. The maximum absolute atomic E-state index is 5.98. The molecule has 88 valence electrons. The number of hydrogen-bond donors (Lipinski definition) is 1. The van der Waals surface area contributed by atoms with Gasteiger partial charge in [0.1, 0.15) is 0 Å². The van der Waals surface area contributed by atoms with E-state index in [0.29, 0.717) is 16.9 Å². The molecule has 0 spiro atoms. The smallest absolute Gasteiger partial charge is 0.0552 e.